The van der Waals surface area contributed by atoms with Gasteiger partial charge < -0.3 is 10.2 Å². The summed E-state index contributed by atoms with van der Waals surface area (Å²) in [5.74, 6) is 0.102. The summed E-state index contributed by atoms with van der Waals surface area (Å²) in [5, 5.41) is 8.09. The molecular weight excluding hydrogens is 350 g/mol. The van der Waals surface area contributed by atoms with Gasteiger partial charge in [0.25, 0.3) is 0 Å². The molecule has 1 aromatic carbocycles. The second-order valence-corrected chi connectivity index (χ2v) is 7.13. The molecule has 1 aliphatic heterocycles. The number of nitrogens with one attached hydrogen (secondary N) is 1. The fraction of sp³-hybridized carbons (Fsp3) is 0.474. The zero-order valence-corrected chi connectivity index (χ0v) is 16.3. The molecule has 0 aliphatic carbocycles. The number of likely N-dealkylation sites (N-methyl/N-ethyl adjacent to an activating group) is 1. The summed E-state index contributed by atoms with van der Waals surface area (Å²) in [6.45, 7) is 5.27. The summed E-state index contributed by atoms with van der Waals surface area (Å²) in [6, 6.07) is 7.85. The molecule has 1 amide bonds. The van der Waals surface area contributed by atoms with Crippen molar-refractivity contribution < 1.29 is 4.79 Å². The minimum atomic E-state index is -0.351. The molecule has 2 atom stereocenters. The fourth-order valence-electron chi connectivity index (χ4n) is 3.54. The predicted octanol–water partition coefficient (Wildman–Crippen LogP) is 2.24. The molecule has 3 rings (SSSR count). The molecule has 7 heteroatoms. The number of halogens is 1. The quantitative estimate of drug-likeness (QED) is 0.870. The maximum Gasteiger partial charge on any atom is 0.244 e. The highest BCUT2D eigenvalue weighted by Gasteiger charge is 2.30. The smallest absolute Gasteiger partial charge is 0.244 e. The van der Waals surface area contributed by atoms with Crippen molar-refractivity contribution in [2.75, 3.05) is 33.2 Å². The number of hydrogen-bond donors (Lipinski definition) is 1. The first kappa shape index (κ1) is 18.9. The molecule has 1 fully saturated rings. The largest absolute Gasteiger partial charge is 0.338 e. The van der Waals surface area contributed by atoms with Crippen molar-refractivity contribution in [2.24, 2.45) is 7.05 Å². The Morgan fingerprint density at radius 3 is 2.50 bits per heavy atom. The van der Waals surface area contributed by atoms with E-state index in [2.05, 4.69) is 28.3 Å². The average molecular weight is 376 g/mol. The molecule has 26 heavy (non-hydrogen) atoms. The van der Waals surface area contributed by atoms with Crippen molar-refractivity contribution >= 4 is 17.5 Å². The van der Waals surface area contributed by atoms with Crippen LogP contribution in [0.2, 0.25) is 5.02 Å². The monoisotopic (exact) mass is 375 g/mol. The number of aromatic nitrogens is 2. The summed E-state index contributed by atoms with van der Waals surface area (Å²) in [5.41, 5.74) is 2.03. The molecule has 1 saturated heterocycles. The van der Waals surface area contributed by atoms with Crippen molar-refractivity contribution in [3.05, 3.63) is 52.8 Å². The van der Waals surface area contributed by atoms with E-state index in [-0.39, 0.29) is 18.0 Å². The van der Waals surface area contributed by atoms with Gasteiger partial charge in [0.2, 0.25) is 5.91 Å². The van der Waals surface area contributed by atoms with E-state index >= 15 is 0 Å². The lowest BCUT2D eigenvalue weighted by Gasteiger charge is -2.39. The van der Waals surface area contributed by atoms with Crippen LogP contribution in [0.25, 0.3) is 0 Å². The first-order valence-corrected chi connectivity index (χ1v) is 9.32. The molecule has 0 spiro atoms. The Morgan fingerprint density at radius 1 is 1.23 bits per heavy atom. The van der Waals surface area contributed by atoms with Crippen molar-refractivity contribution in [3.8, 4) is 0 Å². The van der Waals surface area contributed by atoms with Crippen molar-refractivity contribution in [2.45, 2.75) is 19.0 Å². The van der Waals surface area contributed by atoms with Crippen LogP contribution in [0.5, 0.6) is 0 Å². The van der Waals surface area contributed by atoms with E-state index in [9.17, 15) is 4.79 Å². The van der Waals surface area contributed by atoms with E-state index in [1.807, 2.05) is 43.4 Å². The van der Waals surface area contributed by atoms with Crippen LogP contribution in [0.3, 0.4) is 0 Å². The highest BCUT2D eigenvalue weighted by molar-refractivity contribution is 6.31. The van der Waals surface area contributed by atoms with Crippen LogP contribution in [0.4, 0.5) is 0 Å². The SMILES string of the molecule is CNC(C(=O)N1CCN(C(C)c2ccccc2Cl)CC1)c1cnn(C)c1. The van der Waals surface area contributed by atoms with E-state index < -0.39 is 0 Å². The van der Waals surface area contributed by atoms with E-state index in [1.165, 1.54) is 0 Å². The topological polar surface area (TPSA) is 53.4 Å². The number of carbonyl (C=O) groups excluding carboxylic acids is 1. The molecule has 2 heterocycles. The van der Waals surface area contributed by atoms with E-state index in [0.717, 1.165) is 29.2 Å². The molecule has 0 radical (unpaired) electrons. The molecule has 1 aromatic heterocycles. The van der Waals surface area contributed by atoms with Gasteiger partial charge in [-0.25, -0.2) is 0 Å². The summed E-state index contributed by atoms with van der Waals surface area (Å²) >= 11 is 6.34. The third kappa shape index (κ3) is 3.92. The van der Waals surface area contributed by atoms with E-state index in [0.29, 0.717) is 13.1 Å². The van der Waals surface area contributed by atoms with Gasteiger partial charge in [-0.05, 0) is 25.6 Å². The van der Waals surface area contributed by atoms with E-state index in [4.69, 9.17) is 11.6 Å². The Kier molecular flexibility index (Phi) is 5.96. The minimum Gasteiger partial charge on any atom is -0.338 e. The first-order chi connectivity index (χ1) is 12.5. The van der Waals surface area contributed by atoms with Crippen LogP contribution in [0, 0.1) is 0 Å². The second kappa shape index (κ2) is 8.20. The van der Waals surface area contributed by atoms with Gasteiger partial charge in [-0.15, -0.1) is 0 Å². The number of amides is 1. The van der Waals surface area contributed by atoms with Gasteiger partial charge in [-0.3, -0.25) is 14.4 Å². The predicted molar refractivity (Wildman–Crippen MR) is 103 cm³/mol. The molecule has 6 nitrogen and oxygen atoms in total. The maximum absolute atomic E-state index is 12.9. The zero-order chi connectivity index (χ0) is 18.7. The van der Waals surface area contributed by atoms with Gasteiger partial charge in [0.1, 0.15) is 6.04 Å². The third-order valence-corrected chi connectivity index (χ3v) is 5.47. The van der Waals surface area contributed by atoms with Crippen LogP contribution in [-0.2, 0) is 11.8 Å². The normalized spacial score (nSPS) is 17.9. The van der Waals surface area contributed by atoms with Gasteiger partial charge in [-0.2, -0.15) is 5.10 Å². The standard InChI is InChI=1S/C19H26ClN5O/c1-14(16-6-4-5-7-17(16)20)24-8-10-25(11-9-24)19(26)18(21-2)15-12-22-23(3)13-15/h4-7,12-14,18,21H,8-11H2,1-3H3. The van der Waals surface area contributed by atoms with Crippen LogP contribution >= 0.6 is 11.6 Å². The summed E-state index contributed by atoms with van der Waals surface area (Å²) < 4.78 is 1.72. The number of aryl methyl sites for hydroxylation is 1. The lowest BCUT2D eigenvalue weighted by Crippen LogP contribution is -2.51. The Morgan fingerprint density at radius 2 is 1.92 bits per heavy atom. The van der Waals surface area contributed by atoms with Gasteiger partial charge in [0, 0.05) is 56.1 Å². The number of nitrogens with zero attached hydrogens (tertiary/aromatic N) is 4. The zero-order valence-electron chi connectivity index (χ0n) is 15.5. The number of carbonyl (C=O) groups is 1. The number of rotatable bonds is 5. The molecule has 2 unspecified atom stereocenters. The first-order valence-electron chi connectivity index (χ1n) is 8.94. The van der Waals surface area contributed by atoms with Crippen LogP contribution in [0.1, 0.15) is 30.1 Å². The third-order valence-electron chi connectivity index (χ3n) is 5.12. The number of hydrogen-bond acceptors (Lipinski definition) is 4. The molecule has 1 N–H and O–H groups in total. The van der Waals surface area contributed by atoms with Gasteiger partial charge in [0.15, 0.2) is 0 Å². The summed E-state index contributed by atoms with van der Waals surface area (Å²) in [4.78, 5) is 17.2. The van der Waals surface area contributed by atoms with Crippen LogP contribution < -0.4 is 5.32 Å². The summed E-state index contributed by atoms with van der Waals surface area (Å²) in [6.07, 6.45) is 3.63. The Balaban J connectivity index is 1.62. The Bertz CT molecular complexity index is 754. The Hall–Kier alpha value is -1.89. The van der Waals surface area contributed by atoms with Crippen molar-refractivity contribution in [1.29, 1.82) is 0 Å². The molecule has 140 valence electrons. The highest BCUT2D eigenvalue weighted by Crippen LogP contribution is 2.28. The van der Waals surface area contributed by atoms with E-state index in [1.54, 1.807) is 10.9 Å². The molecular formula is C19H26ClN5O. The second-order valence-electron chi connectivity index (χ2n) is 6.73. The summed E-state index contributed by atoms with van der Waals surface area (Å²) in [7, 11) is 3.67. The van der Waals surface area contributed by atoms with Crippen molar-refractivity contribution in [3.63, 3.8) is 0 Å². The molecule has 2 aromatic rings. The van der Waals surface area contributed by atoms with Crippen LogP contribution in [-0.4, -0.2) is 58.7 Å². The average Bonchev–Trinajstić information content (AvgIpc) is 3.08. The van der Waals surface area contributed by atoms with Gasteiger partial charge in [-0.1, -0.05) is 29.8 Å². The van der Waals surface area contributed by atoms with Crippen molar-refractivity contribution in [1.82, 2.24) is 24.9 Å². The van der Waals surface area contributed by atoms with Crippen LogP contribution in [0.15, 0.2) is 36.7 Å². The molecule has 0 saturated carbocycles. The minimum absolute atomic E-state index is 0.102. The fourth-order valence-corrected chi connectivity index (χ4v) is 3.84. The molecule has 1 aliphatic rings. The lowest BCUT2D eigenvalue weighted by atomic mass is 10.1. The molecule has 0 bridgehead atoms. The lowest BCUT2D eigenvalue weighted by molar-refractivity contribution is -0.135. The highest BCUT2D eigenvalue weighted by atomic mass is 35.5. The Labute approximate surface area is 159 Å². The van der Waals surface area contributed by atoms with Gasteiger partial charge >= 0.3 is 0 Å². The number of piperazine rings is 1. The maximum atomic E-state index is 12.9. The number of benzene rings is 1. The van der Waals surface area contributed by atoms with Gasteiger partial charge in [0.05, 0.1) is 6.20 Å².